The van der Waals surface area contributed by atoms with Gasteiger partial charge in [-0.25, -0.2) is 0 Å². The fourth-order valence-electron chi connectivity index (χ4n) is 6.96. The Balaban J connectivity index is 1.48. The number of hydrogen-bond acceptors (Lipinski definition) is 3. The molecule has 5 heteroatoms. The van der Waals surface area contributed by atoms with Crippen molar-refractivity contribution >= 4 is 80.1 Å². The van der Waals surface area contributed by atoms with Crippen molar-refractivity contribution in [2.24, 2.45) is 0 Å². The second kappa shape index (κ2) is 7.30. The van der Waals surface area contributed by atoms with Crippen molar-refractivity contribution in [2.45, 2.75) is 0 Å². The predicted molar refractivity (Wildman–Crippen MR) is 163 cm³/mol. The quantitative estimate of drug-likeness (QED) is 0.110. The number of hydrogen-bond donors (Lipinski definition) is 0. The topological polar surface area (TPSA) is 43.4 Å². The highest BCUT2D eigenvalue weighted by atomic mass is 79.9. The van der Waals surface area contributed by atoms with E-state index >= 15 is 0 Å². The van der Waals surface area contributed by atoms with Crippen molar-refractivity contribution in [1.29, 1.82) is 0 Å². The Bertz CT molecular complexity index is 2300. The van der Waals surface area contributed by atoms with Crippen molar-refractivity contribution in [2.75, 3.05) is 0 Å². The van der Waals surface area contributed by atoms with Gasteiger partial charge in [0, 0.05) is 37.5 Å². The molecule has 7 aromatic rings. The fraction of sp³-hybridized carbons (Fsp3) is 0. The largest absolute Gasteiger partial charge is 0.480 e. The van der Waals surface area contributed by atoms with Crippen LogP contribution < -0.4 is 4.52 Å². The molecule has 0 amide bonds. The fourth-order valence-corrected chi connectivity index (χ4v) is 7.47. The van der Waals surface area contributed by atoms with Gasteiger partial charge in [-0.2, -0.15) is 0 Å². The van der Waals surface area contributed by atoms with Crippen LogP contribution in [0.3, 0.4) is 0 Å². The third-order valence-electron chi connectivity index (χ3n) is 8.57. The summed E-state index contributed by atoms with van der Waals surface area (Å²) in [7, 11) is 2.28. The van der Waals surface area contributed by atoms with Crippen molar-refractivity contribution in [1.82, 2.24) is 0 Å². The van der Waals surface area contributed by atoms with Crippen LogP contribution in [-0.4, -0.2) is 11.6 Å². The highest BCUT2D eigenvalue weighted by Crippen LogP contribution is 2.50. The van der Waals surface area contributed by atoms with Gasteiger partial charge in [-0.1, -0.05) is 52.3 Å². The molecule has 1 unspecified atom stereocenters. The van der Waals surface area contributed by atoms with E-state index in [4.69, 9.17) is 4.52 Å². The van der Waals surface area contributed by atoms with Gasteiger partial charge in [-0.3, -0.25) is 9.59 Å². The molecule has 0 fully saturated rings. The lowest BCUT2D eigenvalue weighted by Gasteiger charge is -2.25. The Morgan fingerprint density at radius 1 is 0.462 bits per heavy atom. The van der Waals surface area contributed by atoms with Crippen LogP contribution in [0.2, 0.25) is 0 Å². The minimum Gasteiger partial charge on any atom is -0.480 e. The molecule has 0 N–H and O–H groups in total. The summed E-state index contributed by atoms with van der Waals surface area (Å²) in [5, 5.41) is 8.52. The molecule has 1 atom stereocenters. The molecule has 2 aliphatic carbocycles. The molecular weight excluding hydrogens is 567 g/mol. The minimum absolute atomic E-state index is 0.0281. The number of rotatable bonds is 1. The van der Waals surface area contributed by atoms with E-state index in [0.29, 0.717) is 11.3 Å². The second-order valence-electron chi connectivity index (χ2n) is 10.3. The first-order chi connectivity index (χ1) is 19.0. The maximum Gasteiger partial charge on any atom is 0.194 e. The summed E-state index contributed by atoms with van der Waals surface area (Å²) < 4.78 is 6.37. The normalized spacial score (nSPS) is 13.5. The molecule has 3 nitrogen and oxygen atoms in total. The smallest absolute Gasteiger partial charge is 0.194 e. The van der Waals surface area contributed by atoms with Crippen LogP contribution in [0.1, 0.15) is 31.8 Å². The number of carbonyl (C=O) groups excluding carboxylic acids is 2. The first-order valence-electron chi connectivity index (χ1n) is 12.7. The first-order valence-corrected chi connectivity index (χ1v) is 13.9. The summed E-state index contributed by atoms with van der Waals surface area (Å²) in [6, 6.07) is 28.2. The average molecular weight is 583 g/mol. The number of halogens is 1. The molecule has 2 aliphatic rings. The van der Waals surface area contributed by atoms with Crippen LogP contribution in [-0.2, 0) is 0 Å². The van der Waals surface area contributed by atoms with Crippen LogP contribution in [0.4, 0.5) is 0 Å². The van der Waals surface area contributed by atoms with E-state index in [-0.39, 0.29) is 11.6 Å². The average Bonchev–Trinajstić information content (AvgIpc) is 2.97. The van der Waals surface area contributed by atoms with E-state index in [9.17, 15) is 9.59 Å². The summed E-state index contributed by atoms with van der Waals surface area (Å²) in [6.07, 6.45) is 0. The number of benzene rings is 7. The van der Waals surface area contributed by atoms with Crippen LogP contribution in [0, 0.1) is 0 Å². The molecule has 0 saturated heterocycles. The Hall–Kier alpha value is -4.11. The third kappa shape index (κ3) is 2.57. The van der Waals surface area contributed by atoms with Gasteiger partial charge in [0.05, 0.1) is 9.47 Å². The first kappa shape index (κ1) is 21.8. The lowest BCUT2D eigenvalue weighted by atomic mass is 9.76. The van der Waals surface area contributed by atoms with E-state index in [1.165, 1.54) is 0 Å². The number of fused-ring (bicyclic) bond motifs is 6. The van der Waals surface area contributed by atoms with E-state index in [0.717, 1.165) is 86.5 Å². The SMILES string of the molecule is O=C1c2ccc(Br)cc2-c2ccc3c4ccc5c6c(ccc(c7ccc1c2c73)c64)C(=O)c1ccc(OP)cc1-5. The molecule has 7 aromatic carbocycles. The van der Waals surface area contributed by atoms with Gasteiger partial charge in [0.25, 0.3) is 0 Å². The van der Waals surface area contributed by atoms with Crippen LogP contribution in [0.15, 0.2) is 89.4 Å². The molecule has 0 saturated carbocycles. The maximum absolute atomic E-state index is 13.7. The van der Waals surface area contributed by atoms with Gasteiger partial charge in [0.1, 0.15) is 5.75 Å². The molecule has 0 spiro atoms. The van der Waals surface area contributed by atoms with Crippen LogP contribution in [0.25, 0.3) is 65.3 Å². The van der Waals surface area contributed by atoms with E-state index in [1.54, 1.807) is 0 Å². The van der Waals surface area contributed by atoms with Gasteiger partial charge in [0.2, 0.25) is 0 Å². The molecule has 182 valence electrons. The third-order valence-corrected chi connectivity index (χ3v) is 9.33. The van der Waals surface area contributed by atoms with Gasteiger partial charge >= 0.3 is 0 Å². The van der Waals surface area contributed by atoms with Gasteiger partial charge in [-0.05, 0) is 103 Å². The zero-order chi connectivity index (χ0) is 26.2. The van der Waals surface area contributed by atoms with E-state index in [2.05, 4.69) is 61.8 Å². The summed E-state index contributed by atoms with van der Waals surface area (Å²) >= 11 is 3.60. The van der Waals surface area contributed by atoms with E-state index in [1.807, 2.05) is 48.5 Å². The molecule has 0 radical (unpaired) electrons. The predicted octanol–water partition coefficient (Wildman–Crippen LogP) is 9.09. The molecule has 0 bridgehead atoms. The van der Waals surface area contributed by atoms with Crippen molar-refractivity contribution < 1.29 is 14.1 Å². The van der Waals surface area contributed by atoms with Crippen molar-refractivity contribution in [3.63, 3.8) is 0 Å². The lowest BCUT2D eigenvalue weighted by Crippen LogP contribution is -2.11. The number of ketones is 2. The number of carbonyl (C=O) groups is 2. The van der Waals surface area contributed by atoms with Crippen LogP contribution in [0.5, 0.6) is 5.75 Å². The zero-order valence-electron chi connectivity index (χ0n) is 20.3. The van der Waals surface area contributed by atoms with Crippen molar-refractivity contribution in [3.8, 4) is 28.0 Å². The van der Waals surface area contributed by atoms with E-state index < -0.39 is 0 Å². The highest BCUT2D eigenvalue weighted by Gasteiger charge is 2.30. The Morgan fingerprint density at radius 3 is 1.41 bits per heavy atom. The van der Waals surface area contributed by atoms with Crippen LogP contribution >= 0.6 is 25.4 Å². The standard InChI is InChI=1S/C34H16BrO3P/c35-15-1-3-23-27(13-15)21-7-5-17-18-6-8-22-28-14-16(38-39)2-4-24(28)34(37)26-12-10-20(30(18)32(22)26)19-9-11-25(33(23)36)31(21)29(17)19/h1-14H,39H2. The molecule has 0 aromatic heterocycles. The molecule has 39 heavy (non-hydrogen) atoms. The summed E-state index contributed by atoms with van der Waals surface area (Å²) in [5.74, 6) is 0.774. The Morgan fingerprint density at radius 2 is 0.897 bits per heavy atom. The second-order valence-corrected chi connectivity index (χ2v) is 11.5. The Labute approximate surface area is 233 Å². The summed E-state index contributed by atoms with van der Waals surface area (Å²) in [6.45, 7) is 0. The summed E-state index contributed by atoms with van der Waals surface area (Å²) in [4.78, 5) is 27.3. The monoisotopic (exact) mass is 582 g/mol. The highest BCUT2D eigenvalue weighted by molar-refractivity contribution is 9.10. The Kier molecular flexibility index (Phi) is 4.07. The molecule has 0 heterocycles. The summed E-state index contributed by atoms with van der Waals surface area (Å²) in [5.41, 5.74) is 6.83. The minimum atomic E-state index is 0.0281. The molecule has 9 rings (SSSR count). The lowest BCUT2D eigenvalue weighted by molar-refractivity contribution is 0.103. The maximum atomic E-state index is 13.7. The molecular formula is C34H16BrO3P. The van der Waals surface area contributed by atoms with Gasteiger partial charge in [0.15, 0.2) is 11.6 Å². The van der Waals surface area contributed by atoms with Gasteiger partial charge in [-0.15, -0.1) is 0 Å². The zero-order valence-corrected chi connectivity index (χ0v) is 23.0. The molecule has 0 aliphatic heterocycles. The van der Waals surface area contributed by atoms with Crippen molar-refractivity contribution in [3.05, 3.63) is 112 Å². The van der Waals surface area contributed by atoms with Gasteiger partial charge < -0.3 is 4.52 Å².